The number of rotatable bonds is 3. The van der Waals surface area contributed by atoms with E-state index in [1.165, 1.54) is 0 Å². The van der Waals surface area contributed by atoms with Crippen molar-refractivity contribution in [2.45, 2.75) is 19.3 Å². The van der Waals surface area contributed by atoms with E-state index in [2.05, 4.69) is 14.9 Å². The van der Waals surface area contributed by atoms with Crippen LogP contribution in [-0.2, 0) is 9.59 Å². The highest BCUT2D eigenvalue weighted by molar-refractivity contribution is 7.16. The molecule has 2 atom stereocenters. The maximum atomic E-state index is 12.8. The lowest BCUT2D eigenvalue weighted by atomic mass is 9.96. The lowest BCUT2D eigenvalue weighted by Gasteiger charge is -2.34. The molecular formula is C17H20N4O3S. The average Bonchev–Trinajstić information content (AvgIpc) is 3.30. The van der Waals surface area contributed by atoms with E-state index in [1.807, 2.05) is 11.4 Å². The molecule has 0 bridgehead atoms. The number of nitrogens with zero attached hydrogens (tertiary/aromatic N) is 4. The lowest BCUT2D eigenvalue weighted by Crippen LogP contribution is -2.44. The Morgan fingerprint density at radius 1 is 1.16 bits per heavy atom. The van der Waals surface area contributed by atoms with Gasteiger partial charge in [0.1, 0.15) is 17.0 Å². The van der Waals surface area contributed by atoms with Crippen LogP contribution in [0.2, 0.25) is 0 Å². The molecule has 2 aromatic heterocycles. The molecule has 1 N–H and O–H groups in total. The van der Waals surface area contributed by atoms with Crippen LogP contribution in [0, 0.1) is 11.8 Å². The van der Waals surface area contributed by atoms with Gasteiger partial charge in [-0.1, -0.05) is 0 Å². The van der Waals surface area contributed by atoms with Crippen molar-refractivity contribution < 1.29 is 14.7 Å². The summed E-state index contributed by atoms with van der Waals surface area (Å²) in [6.07, 6.45) is 3.92. The van der Waals surface area contributed by atoms with Crippen LogP contribution in [0.25, 0.3) is 10.2 Å². The van der Waals surface area contributed by atoms with E-state index in [-0.39, 0.29) is 11.8 Å². The SMILES string of the molecule is O=C(O)[C@@H]1CCN(C(=O)[C@H]2CCCN(c3ncnc4sccc34)C2)C1. The summed E-state index contributed by atoms with van der Waals surface area (Å²) in [5.74, 6) is -0.333. The molecule has 2 aliphatic heterocycles. The van der Waals surface area contributed by atoms with E-state index >= 15 is 0 Å². The van der Waals surface area contributed by atoms with Gasteiger partial charge in [-0.05, 0) is 30.7 Å². The predicted molar refractivity (Wildman–Crippen MR) is 94.7 cm³/mol. The Morgan fingerprint density at radius 3 is 2.84 bits per heavy atom. The minimum atomic E-state index is -0.804. The second-order valence-electron chi connectivity index (χ2n) is 6.73. The first kappa shape index (κ1) is 16.3. The fourth-order valence-corrected chi connectivity index (χ4v) is 4.55. The summed E-state index contributed by atoms with van der Waals surface area (Å²) >= 11 is 1.59. The summed E-state index contributed by atoms with van der Waals surface area (Å²) < 4.78 is 0. The fourth-order valence-electron chi connectivity index (χ4n) is 3.82. The first-order valence-corrected chi connectivity index (χ1v) is 9.46. The summed E-state index contributed by atoms with van der Waals surface area (Å²) in [6, 6.07) is 2.03. The number of anilines is 1. The van der Waals surface area contributed by atoms with E-state index in [0.717, 1.165) is 35.4 Å². The molecule has 2 saturated heterocycles. The smallest absolute Gasteiger partial charge is 0.308 e. The number of carbonyl (C=O) groups is 2. The Labute approximate surface area is 149 Å². The van der Waals surface area contributed by atoms with Crippen molar-refractivity contribution in [2.75, 3.05) is 31.1 Å². The van der Waals surface area contributed by atoms with Crippen molar-refractivity contribution in [3.05, 3.63) is 17.8 Å². The van der Waals surface area contributed by atoms with Crippen molar-refractivity contribution in [3.63, 3.8) is 0 Å². The van der Waals surface area contributed by atoms with E-state index in [9.17, 15) is 9.59 Å². The van der Waals surface area contributed by atoms with Gasteiger partial charge in [-0.15, -0.1) is 11.3 Å². The van der Waals surface area contributed by atoms with E-state index in [0.29, 0.717) is 26.1 Å². The van der Waals surface area contributed by atoms with Crippen molar-refractivity contribution in [3.8, 4) is 0 Å². The monoisotopic (exact) mass is 360 g/mol. The molecule has 0 aromatic carbocycles. The largest absolute Gasteiger partial charge is 0.481 e. The number of piperidine rings is 1. The molecule has 2 fully saturated rings. The van der Waals surface area contributed by atoms with Crippen molar-refractivity contribution in [1.29, 1.82) is 0 Å². The van der Waals surface area contributed by atoms with Gasteiger partial charge in [0.05, 0.1) is 17.2 Å². The molecule has 0 saturated carbocycles. The van der Waals surface area contributed by atoms with Crippen molar-refractivity contribution in [1.82, 2.24) is 14.9 Å². The van der Waals surface area contributed by atoms with Gasteiger partial charge >= 0.3 is 5.97 Å². The Bertz CT molecular complexity index is 808. The fraction of sp³-hybridized carbons (Fsp3) is 0.529. The number of carboxylic acid groups (broad SMARTS) is 1. The van der Waals surface area contributed by atoms with E-state index in [4.69, 9.17) is 5.11 Å². The first-order chi connectivity index (χ1) is 12.1. The summed E-state index contributed by atoms with van der Waals surface area (Å²) in [5, 5.41) is 12.2. The van der Waals surface area contributed by atoms with Gasteiger partial charge in [0.25, 0.3) is 0 Å². The summed E-state index contributed by atoms with van der Waals surface area (Å²) in [4.78, 5) is 37.6. The van der Waals surface area contributed by atoms with Gasteiger partial charge in [0.15, 0.2) is 0 Å². The van der Waals surface area contributed by atoms with Crippen LogP contribution in [0.3, 0.4) is 0 Å². The minimum absolute atomic E-state index is 0.0871. The molecule has 0 radical (unpaired) electrons. The normalized spacial score (nSPS) is 24.0. The number of thiophene rings is 1. The molecule has 2 aliphatic rings. The van der Waals surface area contributed by atoms with Gasteiger partial charge in [-0.2, -0.15) is 0 Å². The van der Waals surface area contributed by atoms with Crippen molar-refractivity contribution >= 4 is 39.2 Å². The number of aromatic nitrogens is 2. The number of hydrogen-bond acceptors (Lipinski definition) is 6. The number of fused-ring (bicyclic) bond motifs is 1. The summed E-state index contributed by atoms with van der Waals surface area (Å²) in [5.41, 5.74) is 0. The van der Waals surface area contributed by atoms with Crippen molar-refractivity contribution in [2.24, 2.45) is 11.8 Å². The predicted octanol–water partition coefficient (Wildman–Crippen LogP) is 1.84. The van der Waals surface area contributed by atoms with Crippen LogP contribution in [0.4, 0.5) is 5.82 Å². The molecule has 0 unspecified atom stereocenters. The Morgan fingerprint density at radius 2 is 2.04 bits per heavy atom. The number of carboxylic acids is 1. The van der Waals surface area contributed by atoms with Crippen LogP contribution in [0.1, 0.15) is 19.3 Å². The molecule has 1 amide bonds. The number of carbonyl (C=O) groups excluding carboxylic acids is 1. The first-order valence-electron chi connectivity index (χ1n) is 8.58. The standard InChI is InChI=1S/C17H20N4O3S/c22-16(21-6-3-12(9-21)17(23)24)11-2-1-5-20(8-11)14-13-4-7-25-15(13)19-10-18-14/h4,7,10-12H,1-3,5-6,8-9H2,(H,23,24)/t11-,12+/m0/s1. The molecule has 4 heterocycles. The zero-order chi connectivity index (χ0) is 17.4. The quantitative estimate of drug-likeness (QED) is 0.899. The maximum Gasteiger partial charge on any atom is 0.308 e. The topological polar surface area (TPSA) is 86.6 Å². The Hall–Kier alpha value is -2.22. The zero-order valence-electron chi connectivity index (χ0n) is 13.8. The molecule has 132 valence electrons. The van der Waals surface area contributed by atoms with E-state index in [1.54, 1.807) is 22.6 Å². The van der Waals surface area contributed by atoms with Gasteiger partial charge < -0.3 is 14.9 Å². The maximum absolute atomic E-state index is 12.8. The number of likely N-dealkylation sites (tertiary alicyclic amines) is 1. The molecule has 2 aromatic rings. The van der Waals surface area contributed by atoms with Gasteiger partial charge in [-0.3, -0.25) is 9.59 Å². The number of aliphatic carboxylic acids is 1. The molecular weight excluding hydrogens is 340 g/mol. The highest BCUT2D eigenvalue weighted by Crippen LogP contribution is 2.31. The highest BCUT2D eigenvalue weighted by atomic mass is 32.1. The number of amides is 1. The van der Waals surface area contributed by atoms with Crippen LogP contribution >= 0.6 is 11.3 Å². The second kappa shape index (κ2) is 6.59. The van der Waals surface area contributed by atoms with Crippen LogP contribution in [-0.4, -0.2) is 58.0 Å². The second-order valence-corrected chi connectivity index (χ2v) is 7.62. The minimum Gasteiger partial charge on any atom is -0.481 e. The van der Waals surface area contributed by atoms with Crippen LogP contribution < -0.4 is 4.90 Å². The molecule has 4 rings (SSSR count). The van der Waals surface area contributed by atoms with Crippen LogP contribution in [0.15, 0.2) is 17.8 Å². The highest BCUT2D eigenvalue weighted by Gasteiger charge is 2.36. The molecule has 0 aliphatic carbocycles. The number of hydrogen-bond donors (Lipinski definition) is 1. The lowest BCUT2D eigenvalue weighted by molar-refractivity contribution is -0.141. The molecule has 0 spiro atoms. The van der Waals surface area contributed by atoms with Gasteiger partial charge in [0.2, 0.25) is 5.91 Å². The van der Waals surface area contributed by atoms with Crippen LogP contribution in [0.5, 0.6) is 0 Å². The third-order valence-electron chi connectivity index (χ3n) is 5.16. The third kappa shape index (κ3) is 3.06. The van der Waals surface area contributed by atoms with E-state index < -0.39 is 11.9 Å². The van der Waals surface area contributed by atoms with Gasteiger partial charge in [0, 0.05) is 26.2 Å². The average molecular weight is 360 g/mol. The summed E-state index contributed by atoms with van der Waals surface area (Å²) in [7, 11) is 0. The Kier molecular flexibility index (Phi) is 4.29. The molecule has 8 heteroatoms. The molecule has 7 nitrogen and oxygen atoms in total. The summed E-state index contributed by atoms with van der Waals surface area (Å²) in [6.45, 7) is 2.40. The third-order valence-corrected chi connectivity index (χ3v) is 5.98. The van der Waals surface area contributed by atoms with Gasteiger partial charge in [-0.25, -0.2) is 9.97 Å². The molecule has 25 heavy (non-hydrogen) atoms. The zero-order valence-corrected chi connectivity index (χ0v) is 14.6. The Balaban J connectivity index is 1.49.